The monoisotopic (exact) mass is 331 g/mol. The van der Waals surface area contributed by atoms with E-state index in [1.807, 2.05) is 36.8 Å². The van der Waals surface area contributed by atoms with Crippen LogP contribution in [0.3, 0.4) is 0 Å². The van der Waals surface area contributed by atoms with Gasteiger partial charge in [-0.05, 0) is 25.8 Å². The average Bonchev–Trinajstić information content (AvgIpc) is 2.97. The van der Waals surface area contributed by atoms with Crippen molar-refractivity contribution in [1.82, 2.24) is 19.5 Å². The second-order valence-electron chi connectivity index (χ2n) is 6.72. The molecule has 3 rings (SSSR count). The van der Waals surface area contributed by atoms with Gasteiger partial charge in [0.1, 0.15) is 5.82 Å². The fourth-order valence-electron chi connectivity index (χ4n) is 2.85. The van der Waals surface area contributed by atoms with Crippen molar-refractivity contribution < 1.29 is 9.53 Å². The van der Waals surface area contributed by atoms with Crippen LogP contribution in [-0.2, 0) is 4.74 Å². The summed E-state index contributed by atoms with van der Waals surface area (Å²) in [5.74, 6) is 1.31. The predicted molar refractivity (Wildman–Crippen MR) is 92.5 cm³/mol. The highest BCUT2D eigenvalue weighted by Crippen LogP contribution is 2.22. The zero-order valence-corrected chi connectivity index (χ0v) is 14.8. The molecule has 0 aromatic carbocycles. The Labute approximate surface area is 142 Å². The minimum Gasteiger partial charge on any atom is -0.447 e. The lowest BCUT2D eigenvalue weighted by Crippen LogP contribution is -2.49. The van der Waals surface area contributed by atoms with Crippen LogP contribution in [0.15, 0.2) is 18.5 Å². The van der Waals surface area contributed by atoms with Gasteiger partial charge in [-0.15, -0.1) is 0 Å². The molecule has 2 aromatic heterocycles. The van der Waals surface area contributed by atoms with Gasteiger partial charge in [0.25, 0.3) is 0 Å². The zero-order valence-electron chi connectivity index (χ0n) is 14.8. The van der Waals surface area contributed by atoms with Gasteiger partial charge in [-0.25, -0.2) is 14.3 Å². The van der Waals surface area contributed by atoms with Gasteiger partial charge in [-0.2, -0.15) is 5.10 Å². The molecule has 2 aromatic rings. The van der Waals surface area contributed by atoms with Crippen molar-refractivity contribution in [1.29, 1.82) is 0 Å². The SMILES string of the molecule is CC(C)OC(=O)N1CCN(c2ccn3ncc(C(C)C)c3n2)CC1. The summed E-state index contributed by atoms with van der Waals surface area (Å²) in [6, 6.07) is 1.98. The van der Waals surface area contributed by atoms with Gasteiger partial charge >= 0.3 is 6.09 Å². The Bertz CT molecular complexity index is 717. The number of amides is 1. The Morgan fingerprint density at radius 2 is 1.88 bits per heavy atom. The fourth-order valence-corrected chi connectivity index (χ4v) is 2.85. The third-order valence-corrected chi connectivity index (χ3v) is 4.20. The van der Waals surface area contributed by atoms with E-state index in [1.54, 1.807) is 4.90 Å². The number of piperazine rings is 1. The number of carbonyl (C=O) groups excluding carboxylic acids is 1. The molecular weight excluding hydrogens is 306 g/mol. The topological polar surface area (TPSA) is 63.0 Å². The molecule has 7 heteroatoms. The minimum atomic E-state index is -0.231. The summed E-state index contributed by atoms with van der Waals surface area (Å²) in [4.78, 5) is 20.7. The van der Waals surface area contributed by atoms with Crippen LogP contribution >= 0.6 is 0 Å². The van der Waals surface area contributed by atoms with E-state index >= 15 is 0 Å². The Morgan fingerprint density at radius 1 is 1.17 bits per heavy atom. The number of ether oxygens (including phenoxy) is 1. The molecule has 7 nitrogen and oxygen atoms in total. The lowest BCUT2D eigenvalue weighted by Gasteiger charge is -2.35. The van der Waals surface area contributed by atoms with Crippen molar-refractivity contribution >= 4 is 17.6 Å². The highest BCUT2D eigenvalue weighted by molar-refractivity contribution is 5.68. The van der Waals surface area contributed by atoms with Crippen LogP contribution in [0.2, 0.25) is 0 Å². The summed E-state index contributed by atoms with van der Waals surface area (Å²) in [7, 11) is 0. The van der Waals surface area contributed by atoms with E-state index in [-0.39, 0.29) is 12.2 Å². The molecule has 0 N–H and O–H groups in total. The van der Waals surface area contributed by atoms with E-state index < -0.39 is 0 Å². The van der Waals surface area contributed by atoms with Gasteiger partial charge in [0.2, 0.25) is 0 Å². The molecule has 130 valence electrons. The molecule has 1 fully saturated rings. The van der Waals surface area contributed by atoms with Crippen molar-refractivity contribution in [2.24, 2.45) is 0 Å². The van der Waals surface area contributed by atoms with Crippen LogP contribution in [0.5, 0.6) is 0 Å². The molecule has 1 amide bonds. The molecule has 0 saturated carbocycles. The number of fused-ring (bicyclic) bond motifs is 1. The standard InChI is InChI=1S/C17H25N5O2/c1-12(2)14-11-18-22-6-5-15(19-16(14)22)20-7-9-21(10-8-20)17(23)24-13(3)4/h5-6,11-13H,7-10H2,1-4H3. The van der Waals surface area contributed by atoms with Crippen LogP contribution in [0.25, 0.3) is 5.65 Å². The highest BCUT2D eigenvalue weighted by Gasteiger charge is 2.24. The first kappa shape index (κ1) is 16.5. The molecule has 1 saturated heterocycles. The molecule has 1 aliphatic heterocycles. The van der Waals surface area contributed by atoms with Crippen molar-refractivity contribution in [3.63, 3.8) is 0 Å². The first-order valence-electron chi connectivity index (χ1n) is 8.50. The lowest BCUT2D eigenvalue weighted by atomic mass is 10.1. The summed E-state index contributed by atoms with van der Waals surface area (Å²) >= 11 is 0. The van der Waals surface area contributed by atoms with E-state index in [0.29, 0.717) is 19.0 Å². The molecule has 3 heterocycles. The van der Waals surface area contributed by atoms with Gasteiger partial charge in [-0.3, -0.25) is 0 Å². The quantitative estimate of drug-likeness (QED) is 0.865. The summed E-state index contributed by atoms with van der Waals surface area (Å²) in [6.07, 6.45) is 3.52. The predicted octanol–water partition coefficient (Wildman–Crippen LogP) is 2.52. The first-order chi connectivity index (χ1) is 11.5. The summed E-state index contributed by atoms with van der Waals surface area (Å²) < 4.78 is 7.08. The van der Waals surface area contributed by atoms with Gasteiger partial charge in [0.15, 0.2) is 5.65 Å². The zero-order chi connectivity index (χ0) is 17.3. The van der Waals surface area contributed by atoms with E-state index in [4.69, 9.17) is 9.72 Å². The smallest absolute Gasteiger partial charge is 0.410 e. The second-order valence-corrected chi connectivity index (χ2v) is 6.72. The molecule has 0 radical (unpaired) electrons. The number of aromatic nitrogens is 3. The molecule has 24 heavy (non-hydrogen) atoms. The molecule has 0 atom stereocenters. The third-order valence-electron chi connectivity index (χ3n) is 4.20. The van der Waals surface area contributed by atoms with Crippen molar-refractivity contribution in [2.75, 3.05) is 31.1 Å². The molecule has 1 aliphatic rings. The summed E-state index contributed by atoms with van der Waals surface area (Å²) in [5, 5.41) is 4.36. The largest absolute Gasteiger partial charge is 0.447 e. The maximum absolute atomic E-state index is 12.0. The normalized spacial score (nSPS) is 15.6. The van der Waals surface area contributed by atoms with E-state index in [0.717, 1.165) is 30.1 Å². The number of hydrogen-bond acceptors (Lipinski definition) is 5. The van der Waals surface area contributed by atoms with Crippen LogP contribution in [0.4, 0.5) is 10.6 Å². The number of hydrogen-bond donors (Lipinski definition) is 0. The first-order valence-corrected chi connectivity index (χ1v) is 8.50. The van der Waals surface area contributed by atoms with Crippen LogP contribution < -0.4 is 4.90 Å². The van der Waals surface area contributed by atoms with Gasteiger partial charge in [0.05, 0.1) is 12.3 Å². The minimum absolute atomic E-state index is 0.0871. The van der Waals surface area contributed by atoms with Gasteiger partial charge in [0, 0.05) is 37.9 Å². The van der Waals surface area contributed by atoms with Crippen molar-refractivity contribution in [2.45, 2.75) is 39.7 Å². The average molecular weight is 331 g/mol. The Kier molecular flexibility index (Phi) is 4.59. The molecule has 0 spiro atoms. The van der Waals surface area contributed by atoms with E-state index in [1.165, 1.54) is 0 Å². The Balaban J connectivity index is 1.71. The second kappa shape index (κ2) is 6.67. The third kappa shape index (κ3) is 3.29. The van der Waals surface area contributed by atoms with Crippen LogP contribution in [-0.4, -0.2) is 57.9 Å². The van der Waals surface area contributed by atoms with Crippen molar-refractivity contribution in [3.05, 3.63) is 24.0 Å². The molecular formula is C17H25N5O2. The maximum Gasteiger partial charge on any atom is 0.410 e. The van der Waals surface area contributed by atoms with E-state index in [2.05, 4.69) is 23.8 Å². The molecule has 0 unspecified atom stereocenters. The Morgan fingerprint density at radius 3 is 2.50 bits per heavy atom. The van der Waals surface area contributed by atoms with Gasteiger partial charge in [-0.1, -0.05) is 13.8 Å². The Hall–Kier alpha value is -2.31. The number of carbonyl (C=O) groups is 1. The van der Waals surface area contributed by atoms with Gasteiger partial charge < -0.3 is 14.5 Å². The highest BCUT2D eigenvalue weighted by atomic mass is 16.6. The van der Waals surface area contributed by atoms with Crippen LogP contribution in [0.1, 0.15) is 39.2 Å². The van der Waals surface area contributed by atoms with E-state index in [9.17, 15) is 4.79 Å². The number of nitrogens with zero attached hydrogens (tertiary/aromatic N) is 5. The fraction of sp³-hybridized carbons (Fsp3) is 0.588. The summed E-state index contributed by atoms with van der Waals surface area (Å²) in [5.41, 5.74) is 2.06. The van der Waals surface area contributed by atoms with Crippen molar-refractivity contribution in [3.8, 4) is 0 Å². The number of rotatable bonds is 3. The van der Waals surface area contributed by atoms with Crippen LogP contribution in [0, 0.1) is 0 Å². The molecule has 0 aliphatic carbocycles. The maximum atomic E-state index is 12.0. The summed E-state index contributed by atoms with van der Waals surface area (Å²) in [6.45, 7) is 10.8. The lowest BCUT2D eigenvalue weighted by molar-refractivity contribution is 0.0751. The molecule has 0 bridgehead atoms. The number of anilines is 1.